The van der Waals surface area contributed by atoms with Gasteiger partial charge in [-0.05, 0) is 214 Å². The lowest BCUT2D eigenvalue weighted by Crippen LogP contribution is -2.65. The fourth-order valence-electron chi connectivity index (χ4n) is 20.5. The van der Waals surface area contributed by atoms with Crippen molar-refractivity contribution < 1.29 is 112 Å². The van der Waals surface area contributed by atoms with E-state index < -0.39 is 209 Å². The number of allylic oxidation sites excluding steroid dienone is 2. The highest BCUT2D eigenvalue weighted by atomic mass is 16.6. The molecule has 0 radical (unpaired) electrons. The van der Waals surface area contributed by atoms with Crippen LogP contribution in [0.2, 0.25) is 0 Å². The number of phenols is 2. The zero-order valence-electron chi connectivity index (χ0n) is 80.2. The number of amides is 10. The fourth-order valence-corrected chi connectivity index (χ4v) is 20.5. The summed E-state index contributed by atoms with van der Waals surface area (Å²) in [6, 6.07) is 15.4. The number of carboxylic acid groups (broad SMARTS) is 1. The number of nitrogens with one attached hydrogen (secondary N) is 13. The summed E-state index contributed by atoms with van der Waals surface area (Å²) < 4.78 is 12.2. The number of fused-ring (bicyclic) bond motifs is 30. The lowest BCUT2D eigenvalue weighted by atomic mass is 9.65. The molecule has 20 N–H and O–H groups in total. The molecule has 3 fully saturated rings. The molecule has 754 valence electrons. The van der Waals surface area contributed by atoms with Crippen molar-refractivity contribution in [1.82, 2.24) is 69.0 Å². The van der Waals surface area contributed by atoms with Crippen molar-refractivity contribution >= 4 is 106 Å². The molecular weight excluding hydrogens is 1810 g/mol. The van der Waals surface area contributed by atoms with E-state index in [1.807, 2.05) is 18.2 Å². The molecule has 1 aromatic heterocycles. The number of rotatable bonds is 27. The van der Waals surface area contributed by atoms with Gasteiger partial charge < -0.3 is 104 Å². The minimum absolute atomic E-state index is 0.00685. The number of aliphatic carboxylic acids is 1. The van der Waals surface area contributed by atoms with Gasteiger partial charge in [0.15, 0.2) is 23.0 Å². The third-order valence-corrected chi connectivity index (χ3v) is 28.7. The number of carbonyl (C=O) groups is 16. The Balaban J connectivity index is 0.747. The number of Topliss-reactive ketones (excluding diaryl/α,β-unsaturated/α-hetero) is 3. The Bertz CT molecular complexity index is 5720. The Morgan fingerprint density at radius 2 is 1.35 bits per heavy atom. The average molecular weight is 1940 g/mol. The molecule has 5 aromatic carbocycles. The van der Waals surface area contributed by atoms with Gasteiger partial charge in [0.05, 0.1) is 53.9 Å². The Labute approximate surface area is 816 Å². The summed E-state index contributed by atoms with van der Waals surface area (Å²) in [5.74, 6) is -14.3. The van der Waals surface area contributed by atoms with Crippen molar-refractivity contribution in [2.45, 2.75) is 285 Å². The van der Waals surface area contributed by atoms with Gasteiger partial charge in [-0.3, -0.25) is 67.1 Å². The van der Waals surface area contributed by atoms with Gasteiger partial charge in [0.1, 0.15) is 71.1 Å². The lowest BCUT2D eigenvalue weighted by molar-refractivity contribution is -0.140. The molecule has 4 unspecified atom stereocenters. The molecule has 14 rings (SSSR count). The summed E-state index contributed by atoms with van der Waals surface area (Å²) in [6.07, 6.45) is 9.40. The van der Waals surface area contributed by atoms with Crippen LogP contribution in [0.1, 0.15) is 238 Å². The molecule has 6 bridgehead atoms. The molecule has 1 saturated heterocycles. The monoisotopic (exact) mass is 1940 g/mol. The molecule has 37 heteroatoms. The number of aromatic hydroxyl groups is 2. The largest absolute Gasteiger partial charge is 0.508 e. The Morgan fingerprint density at radius 1 is 0.660 bits per heavy atom. The number of carboxylic acids is 1. The number of primary amides is 1. The normalized spacial score (nSPS) is 26.0. The van der Waals surface area contributed by atoms with E-state index in [-0.39, 0.29) is 135 Å². The molecule has 2 saturated carbocycles. The zero-order chi connectivity index (χ0) is 101. The zero-order valence-corrected chi connectivity index (χ0v) is 80.2. The predicted molar refractivity (Wildman–Crippen MR) is 515 cm³/mol. The number of hydrogen-bond donors (Lipinski definition) is 19. The minimum Gasteiger partial charge on any atom is -0.508 e. The van der Waals surface area contributed by atoms with Crippen LogP contribution in [0.3, 0.4) is 0 Å². The second-order valence-electron chi connectivity index (χ2n) is 39.6. The molecule has 8 aliphatic rings. The van der Waals surface area contributed by atoms with Gasteiger partial charge >= 0.3 is 11.9 Å². The first-order valence-corrected chi connectivity index (χ1v) is 48.8. The number of H-pyrrole nitrogens is 1. The molecule has 141 heavy (non-hydrogen) atoms. The summed E-state index contributed by atoms with van der Waals surface area (Å²) >= 11 is 0. The van der Waals surface area contributed by atoms with Gasteiger partial charge in [0, 0.05) is 90.1 Å². The second kappa shape index (κ2) is 46.4. The number of aliphatic hydroxyl groups is 2. The molecule has 6 heterocycles. The number of carbonyl (C=O) groups excluding carboxylic acids is 15. The van der Waals surface area contributed by atoms with Gasteiger partial charge in [0.25, 0.3) is 5.91 Å². The molecule has 6 aromatic rings. The van der Waals surface area contributed by atoms with Gasteiger partial charge in [-0.25, -0.2) is 15.6 Å². The van der Waals surface area contributed by atoms with E-state index in [1.165, 1.54) is 75.4 Å². The van der Waals surface area contributed by atoms with Gasteiger partial charge in [0.2, 0.25) is 53.2 Å². The smallest absolute Gasteiger partial charge is 0.340 e. The number of esters is 1. The van der Waals surface area contributed by atoms with Crippen LogP contribution in [-0.2, 0) is 90.3 Å². The van der Waals surface area contributed by atoms with E-state index in [2.05, 4.69) is 69.0 Å². The first kappa shape index (κ1) is 105. The fraction of sp³-hybridized carbons (Fsp3) is 0.500. The number of phenolic OH excluding ortho intramolecular Hbond substituents is 2. The predicted octanol–water partition coefficient (Wildman–Crippen LogP) is 6.06. The summed E-state index contributed by atoms with van der Waals surface area (Å²) in [4.78, 5) is 233. The van der Waals surface area contributed by atoms with Crippen molar-refractivity contribution in [3.63, 3.8) is 0 Å². The maximum Gasteiger partial charge on any atom is 0.340 e. The third-order valence-electron chi connectivity index (χ3n) is 28.7. The Morgan fingerprint density at radius 3 is 2.04 bits per heavy atom. The van der Waals surface area contributed by atoms with Gasteiger partial charge in [-0.2, -0.15) is 0 Å². The average Bonchev–Trinajstić information content (AvgIpc) is 1.55. The van der Waals surface area contributed by atoms with Crippen molar-refractivity contribution in [2.75, 3.05) is 13.1 Å². The van der Waals surface area contributed by atoms with Gasteiger partial charge in [-0.15, -0.1) is 0 Å². The number of aromatic nitrogens is 1. The quantitative estimate of drug-likeness (QED) is 0.0120. The van der Waals surface area contributed by atoms with Crippen molar-refractivity contribution in [3.8, 4) is 23.0 Å². The van der Waals surface area contributed by atoms with Crippen LogP contribution in [0.4, 0.5) is 0 Å². The molecule has 1 spiro atoms. The van der Waals surface area contributed by atoms with E-state index in [4.69, 9.17) is 15.2 Å². The number of aliphatic hydroxyl groups excluding tert-OH is 1. The highest BCUT2D eigenvalue weighted by Crippen LogP contribution is 2.58. The van der Waals surface area contributed by atoms with Gasteiger partial charge in [-0.1, -0.05) is 112 Å². The molecule has 3 aliphatic carbocycles. The maximum atomic E-state index is 15.8. The Hall–Kier alpha value is -13.4. The number of hydrogen-bond acceptors (Lipinski definition) is 25. The maximum absolute atomic E-state index is 15.8. The van der Waals surface area contributed by atoms with Crippen LogP contribution < -0.4 is 74.5 Å². The van der Waals surface area contributed by atoms with E-state index >= 15 is 28.8 Å². The standard InChI is InChI=1S/C104H130N14O23/c1-57(2)45-79(109-89(127)40-44-106-92(130)63-27-31-72-70(48-63)99(137)141-104(72)73-33-29-66(121)51-86(73)140-87-52-67(122)30-34-74(87)104)95(133)114-91(59(4)120)98(136)112-80(46-60-19-11-10-12-20-60)96(134)116-102(6)42-18-25-68-62-39-43-103(139)65(28-32-71(68)103)23-13-8-7-9-16-41-101(5,56-119)115-97(135)82(47-61-21-17-22-61)118-117-76(35-37-88(105)126)85(125)55-107-58(3)83(123)53-84(124)78(50-64-54-108-75-26-15-14-24-69(64)75)110-94(132)81(49-62)111-93(131)77(113-100(102)138)36-38-90(128)129/h7-8,10-12,14-15,19-20,24,26-27,29-31,33-34,39,48,51-52,54,56-59,61,65,68,71,76-82,91,107-108,117-118,120-122,139H,9,13,16-18,21-23,25,28,32,35-38,40-47,49-50,53,55H2,1-6H3,(H2,105,126)(H,106,130)(H,109,127)(H,110,132)(H,111,131)(H,112,136)(H,113,138)(H,114,133)(H,115,135)(H,116,134)(H,128,129)/b8-7+/t58-,59+,65?,68?,71?,76-,77-,78-,79-,80-,81-,82-,91-,101-,102+,103?/m0/s1. The highest BCUT2D eigenvalue weighted by molar-refractivity contribution is 6.07. The number of hydrazine groups is 1. The summed E-state index contributed by atoms with van der Waals surface area (Å²) in [7, 11) is 0. The first-order valence-electron chi connectivity index (χ1n) is 48.8. The second-order valence-corrected chi connectivity index (χ2v) is 39.6. The molecule has 16 atom stereocenters. The van der Waals surface area contributed by atoms with Crippen LogP contribution in [-0.4, -0.2) is 215 Å². The van der Waals surface area contributed by atoms with Crippen LogP contribution in [0, 0.1) is 29.6 Å². The number of ether oxygens (including phenoxy) is 2. The summed E-state index contributed by atoms with van der Waals surface area (Å²) in [5, 5.41) is 84.3. The molecular formula is C104H130N14O23. The number of para-hydroxylation sites is 1. The number of aldehydes is 1. The van der Waals surface area contributed by atoms with Crippen LogP contribution in [0.5, 0.6) is 23.0 Å². The van der Waals surface area contributed by atoms with Crippen molar-refractivity contribution in [1.29, 1.82) is 0 Å². The first-order chi connectivity index (χ1) is 67.2. The van der Waals surface area contributed by atoms with Crippen LogP contribution >= 0.6 is 0 Å². The SMILES string of the molecule is CC(C)C[C@H](NC(=O)CCNC(=O)c1ccc2c(c1)C(=O)OC21c2ccc(O)cc2Oc2cc(O)ccc21)C(=O)N[C@H](C(=O)N[C@@H](Cc1ccccc1)C(=O)N[C@]1(C)CCCC2C3=CCC4(O)C(CC/C=C/CCC[C@@](C)(C=O)NC(=O)[C@H](CC5CCC5)NN[C@@H](CCC(N)=O)C(=O)CN[C@@H](C)C(=O)CC(=O)[C@H](Cc5c[nH]c6ccccc56)NC(=O)[C@H](C3)NC(=O)[C@H](CCC(=O)O)NC1=O)CCC24)[C@@H](C)O. The highest BCUT2D eigenvalue weighted by Gasteiger charge is 2.56. The molecule has 10 amide bonds. The van der Waals surface area contributed by atoms with E-state index in [0.29, 0.717) is 95.5 Å². The van der Waals surface area contributed by atoms with Crippen LogP contribution in [0.25, 0.3) is 10.9 Å². The van der Waals surface area contributed by atoms with Crippen molar-refractivity contribution in [2.24, 2.45) is 35.3 Å². The number of nitrogens with two attached hydrogens (primary N) is 1. The topological polar surface area (TPSA) is 579 Å². The lowest BCUT2D eigenvalue weighted by Gasteiger charge is -2.44. The third kappa shape index (κ3) is 25.7. The molecule has 37 nitrogen and oxygen atoms in total. The number of benzene rings is 5. The van der Waals surface area contributed by atoms with Crippen LogP contribution in [0.15, 0.2) is 139 Å². The number of ketones is 3. The summed E-state index contributed by atoms with van der Waals surface area (Å²) in [5.41, 5.74) is 8.66. The summed E-state index contributed by atoms with van der Waals surface area (Å²) in [6.45, 7) is 8.45. The van der Waals surface area contributed by atoms with E-state index in [1.54, 1.807) is 81.6 Å². The number of aromatic amines is 1. The van der Waals surface area contributed by atoms with E-state index in [0.717, 1.165) is 19.3 Å². The van der Waals surface area contributed by atoms with Crippen molar-refractivity contribution in [3.05, 3.63) is 178 Å². The Kier molecular flexibility index (Phi) is 34.5. The molecule has 5 aliphatic heterocycles. The van der Waals surface area contributed by atoms with E-state index in [9.17, 15) is 73.5 Å². The minimum atomic E-state index is -2.08.